The number of alkyl halides is 3. The predicted octanol–water partition coefficient (Wildman–Crippen LogP) is 2.34. The number of nitrogens with zero attached hydrogens (tertiary/aromatic N) is 3. The van der Waals surface area contributed by atoms with Crippen molar-refractivity contribution in [2.45, 2.75) is 6.18 Å². The summed E-state index contributed by atoms with van der Waals surface area (Å²) in [5.74, 6) is 0. The summed E-state index contributed by atoms with van der Waals surface area (Å²) in [6, 6.07) is 3.79. The number of halogens is 3. The maximum absolute atomic E-state index is 12.5. The van der Waals surface area contributed by atoms with Crippen molar-refractivity contribution in [2.24, 2.45) is 7.05 Å². The van der Waals surface area contributed by atoms with Crippen molar-refractivity contribution < 1.29 is 13.2 Å². The van der Waals surface area contributed by atoms with Crippen molar-refractivity contribution in [3.8, 4) is 11.3 Å². The molecule has 0 fully saturated rings. The topological polar surface area (TPSA) is 63.6 Å². The molecule has 0 radical (unpaired) electrons. The van der Waals surface area contributed by atoms with E-state index in [2.05, 4.69) is 15.1 Å². The monoisotopic (exact) mass is 294 g/mol. The van der Waals surface area contributed by atoms with Gasteiger partial charge in [-0.15, -0.1) is 0 Å². The highest BCUT2D eigenvalue weighted by atomic mass is 19.4. The van der Waals surface area contributed by atoms with Crippen LogP contribution in [0.4, 0.5) is 13.2 Å². The van der Waals surface area contributed by atoms with Crippen LogP contribution in [0.1, 0.15) is 5.69 Å². The van der Waals surface area contributed by atoms with Gasteiger partial charge in [0.15, 0.2) is 0 Å². The third-order valence-electron chi connectivity index (χ3n) is 3.12. The average molecular weight is 294 g/mol. The summed E-state index contributed by atoms with van der Waals surface area (Å²) in [4.78, 5) is 17.9. The molecule has 0 amide bonds. The number of aromatic amines is 1. The third-order valence-corrected chi connectivity index (χ3v) is 3.12. The minimum atomic E-state index is -4.49. The van der Waals surface area contributed by atoms with Crippen LogP contribution < -0.4 is 5.56 Å². The van der Waals surface area contributed by atoms with Gasteiger partial charge in [-0.05, 0) is 18.2 Å². The van der Waals surface area contributed by atoms with Gasteiger partial charge in [0.05, 0.1) is 22.8 Å². The fourth-order valence-corrected chi connectivity index (χ4v) is 2.03. The van der Waals surface area contributed by atoms with E-state index in [4.69, 9.17) is 0 Å². The van der Waals surface area contributed by atoms with E-state index in [1.165, 1.54) is 16.9 Å². The molecule has 0 unspecified atom stereocenters. The molecule has 21 heavy (non-hydrogen) atoms. The maximum Gasteiger partial charge on any atom is 0.433 e. The van der Waals surface area contributed by atoms with Gasteiger partial charge >= 0.3 is 6.18 Å². The average Bonchev–Trinajstić information content (AvgIpc) is 2.80. The van der Waals surface area contributed by atoms with Crippen LogP contribution in [0.3, 0.4) is 0 Å². The minimum Gasteiger partial charge on any atom is -0.321 e. The molecule has 3 aromatic heterocycles. The van der Waals surface area contributed by atoms with E-state index in [0.29, 0.717) is 22.2 Å². The van der Waals surface area contributed by atoms with Crippen molar-refractivity contribution in [2.75, 3.05) is 0 Å². The Morgan fingerprint density at radius 2 is 2.00 bits per heavy atom. The van der Waals surface area contributed by atoms with Gasteiger partial charge in [-0.1, -0.05) is 0 Å². The van der Waals surface area contributed by atoms with Crippen LogP contribution in [0, 0.1) is 0 Å². The number of hydrogen-bond acceptors (Lipinski definition) is 3. The lowest BCUT2D eigenvalue weighted by Gasteiger charge is -2.07. The second kappa shape index (κ2) is 4.44. The predicted molar refractivity (Wildman–Crippen MR) is 69.6 cm³/mol. The first-order chi connectivity index (χ1) is 9.86. The van der Waals surface area contributed by atoms with E-state index in [1.54, 1.807) is 13.1 Å². The van der Waals surface area contributed by atoms with Crippen molar-refractivity contribution in [3.05, 3.63) is 46.6 Å². The number of aromatic nitrogens is 4. The highest BCUT2D eigenvalue weighted by Crippen LogP contribution is 2.28. The maximum atomic E-state index is 12.5. The quantitative estimate of drug-likeness (QED) is 0.749. The highest BCUT2D eigenvalue weighted by Gasteiger charge is 2.32. The second-order valence-electron chi connectivity index (χ2n) is 4.51. The minimum absolute atomic E-state index is 0.351. The normalized spacial score (nSPS) is 12.0. The molecule has 3 heterocycles. The Morgan fingerprint density at radius 3 is 2.62 bits per heavy atom. The van der Waals surface area contributed by atoms with Gasteiger partial charge in [-0.25, -0.2) is 0 Å². The molecule has 5 nitrogen and oxygen atoms in total. The van der Waals surface area contributed by atoms with E-state index < -0.39 is 11.9 Å². The second-order valence-corrected chi connectivity index (χ2v) is 4.51. The van der Waals surface area contributed by atoms with Crippen molar-refractivity contribution in [1.29, 1.82) is 0 Å². The standard InChI is InChI=1S/C13H9F3N4O/c1-20-10-4-9(19-12(21)8(10)6-18-20)7-2-3-11(17-5-7)13(14,15)16/h2-6H,1H3,(H,19,21). The molecule has 0 saturated carbocycles. The van der Waals surface area contributed by atoms with E-state index in [9.17, 15) is 18.0 Å². The lowest BCUT2D eigenvalue weighted by atomic mass is 10.1. The van der Waals surface area contributed by atoms with Crippen LogP contribution in [0.25, 0.3) is 22.2 Å². The number of hydrogen-bond donors (Lipinski definition) is 1. The number of pyridine rings is 2. The molecule has 0 bridgehead atoms. The molecule has 3 aromatic rings. The van der Waals surface area contributed by atoms with Crippen molar-refractivity contribution in [1.82, 2.24) is 19.7 Å². The zero-order valence-electron chi connectivity index (χ0n) is 10.8. The first-order valence-corrected chi connectivity index (χ1v) is 5.95. The number of H-pyrrole nitrogens is 1. The van der Waals surface area contributed by atoms with Crippen molar-refractivity contribution in [3.63, 3.8) is 0 Å². The Hall–Kier alpha value is -2.64. The molecule has 0 aliphatic heterocycles. The summed E-state index contributed by atoms with van der Waals surface area (Å²) >= 11 is 0. The van der Waals surface area contributed by atoms with E-state index in [0.717, 1.165) is 12.3 Å². The summed E-state index contributed by atoms with van der Waals surface area (Å²) in [5, 5.41) is 4.39. The number of fused-ring (bicyclic) bond motifs is 1. The summed E-state index contributed by atoms with van der Waals surface area (Å²) < 4.78 is 38.9. The number of rotatable bonds is 1. The zero-order chi connectivity index (χ0) is 15.2. The summed E-state index contributed by atoms with van der Waals surface area (Å²) in [7, 11) is 1.68. The van der Waals surface area contributed by atoms with Crippen LogP contribution in [0.15, 0.2) is 35.4 Å². The number of aryl methyl sites for hydroxylation is 1. The molecular weight excluding hydrogens is 285 g/mol. The van der Waals surface area contributed by atoms with Crippen LogP contribution in [-0.2, 0) is 13.2 Å². The van der Waals surface area contributed by atoms with Crippen LogP contribution in [-0.4, -0.2) is 19.7 Å². The van der Waals surface area contributed by atoms with Gasteiger partial charge in [0.2, 0.25) is 0 Å². The molecule has 0 spiro atoms. The fraction of sp³-hybridized carbons (Fsp3) is 0.154. The van der Waals surface area contributed by atoms with E-state index in [1.807, 2.05) is 0 Å². The van der Waals surface area contributed by atoms with Gasteiger partial charge in [0, 0.05) is 18.8 Å². The molecule has 0 aliphatic rings. The smallest absolute Gasteiger partial charge is 0.321 e. The molecule has 0 aliphatic carbocycles. The summed E-state index contributed by atoms with van der Waals surface area (Å²) in [6.45, 7) is 0. The Morgan fingerprint density at radius 1 is 1.24 bits per heavy atom. The Balaban J connectivity index is 2.12. The first-order valence-electron chi connectivity index (χ1n) is 5.95. The summed E-state index contributed by atoms with van der Waals surface area (Å²) in [6.07, 6.45) is -1.98. The van der Waals surface area contributed by atoms with Gasteiger partial charge < -0.3 is 4.98 Å². The van der Waals surface area contributed by atoms with E-state index >= 15 is 0 Å². The zero-order valence-corrected chi connectivity index (χ0v) is 10.8. The highest BCUT2D eigenvalue weighted by molar-refractivity contribution is 5.81. The molecular formula is C13H9F3N4O. The Bertz CT molecular complexity index is 862. The van der Waals surface area contributed by atoms with Crippen LogP contribution >= 0.6 is 0 Å². The Labute approximate surface area is 116 Å². The first kappa shape index (κ1) is 13.3. The molecule has 0 atom stereocenters. The lowest BCUT2D eigenvalue weighted by molar-refractivity contribution is -0.141. The van der Waals surface area contributed by atoms with Crippen LogP contribution in [0.2, 0.25) is 0 Å². The van der Waals surface area contributed by atoms with Crippen LogP contribution in [0.5, 0.6) is 0 Å². The molecule has 8 heteroatoms. The van der Waals surface area contributed by atoms with Crippen molar-refractivity contribution >= 4 is 10.9 Å². The van der Waals surface area contributed by atoms with E-state index in [-0.39, 0.29) is 5.56 Å². The molecule has 0 aromatic carbocycles. The molecule has 0 saturated heterocycles. The molecule has 108 valence electrons. The Kier molecular flexibility index (Phi) is 2.82. The third kappa shape index (κ3) is 2.28. The lowest BCUT2D eigenvalue weighted by Crippen LogP contribution is -2.09. The van der Waals surface area contributed by atoms with Gasteiger partial charge in [-0.2, -0.15) is 18.3 Å². The van der Waals surface area contributed by atoms with Gasteiger partial charge in [0.1, 0.15) is 5.69 Å². The SMILES string of the molecule is Cn1ncc2c(=O)[nH]c(-c3ccc(C(F)(F)F)nc3)cc21. The summed E-state index contributed by atoms with van der Waals surface area (Å²) in [5.41, 5.74) is 0.0416. The largest absolute Gasteiger partial charge is 0.433 e. The van der Waals surface area contributed by atoms with Gasteiger partial charge in [0.25, 0.3) is 5.56 Å². The molecule has 3 rings (SSSR count). The number of nitrogens with one attached hydrogen (secondary N) is 1. The van der Waals surface area contributed by atoms with Gasteiger partial charge in [-0.3, -0.25) is 14.5 Å². The fourth-order valence-electron chi connectivity index (χ4n) is 2.03. The molecule has 1 N–H and O–H groups in total.